The molecule has 0 aliphatic rings. The molecule has 1 N–H and O–H groups in total. The highest BCUT2D eigenvalue weighted by atomic mass is 32.2. The van der Waals surface area contributed by atoms with Crippen LogP contribution in [0.5, 0.6) is 0 Å². The summed E-state index contributed by atoms with van der Waals surface area (Å²) in [6.07, 6.45) is 1.09. The van der Waals surface area contributed by atoms with Gasteiger partial charge in [0.1, 0.15) is 0 Å². The molecular weight excluding hydrogens is 278 g/mol. The Balaban J connectivity index is 2.92. The second-order valence-corrected chi connectivity index (χ2v) is 8.26. The molecule has 0 aliphatic carbocycles. The number of rotatable bonds is 8. The first-order valence-electron chi connectivity index (χ1n) is 8.03. The second kappa shape index (κ2) is 8.70. The molecule has 1 rings (SSSR count). The zero-order chi connectivity index (χ0) is 16.0. The van der Waals surface area contributed by atoms with Gasteiger partial charge in [0.15, 0.2) is 0 Å². The summed E-state index contributed by atoms with van der Waals surface area (Å²) in [5.41, 5.74) is 3.82. The summed E-state index contributed by atoms with van der Waals surface area (Å²) < 4.78 is 12.6. The van der Waals surface area contributed by atoms with Crippen LogP contribution in [0.3, 0.4) is 0 Å². The molecule has 0 saturated heterocycles. The summed E-state index contributed by atoms with van der Waals surface area (Å²) in [5.74, 6) is 1.15. The molecule has 1 aromatic rings. The number of aryl methyl sites for hydroxylation is 2. The van der Waals surface area contributed by atoms with Gasteiger partial charge in [-0.3, -0.25) is 4.21 Å². The summed E-state index contributed by atoms with van der Waals surface area (Å²) in [7, 11) is -0.805. The van der Waals surface area contributed by atoms with Crippen molar-refractivity contribution in [3.05, 3.63) is 34.9 Å². The van der Waals surface area contributed by atoms with Gasteiger partial charge in [-0.05, 0) is 38.3 Å². The van der Waals surface area contributed by atoms with Crippen LogP contribution in [0.15, 0.2) is 18.2 Å². The van der Waals surface area contributed by atoms with Crippen molar-refractivity contribution in [3.8, 4) is 0 Å². The van der Waals surface area contributed by atoms with E-state index in [1.54, 1.807) is 0 Å². The van der Waals surface area contributed by atoms with Crippen molar-refractivity contribution >= 4 is 10.8 Å². The van der Waals surface area contributed by atoms with Crippen molar-refractivity contribution in [3.63, 3.8) is 0 Å². The molecule has 0 saturated carbocycles. The van der Waals surface area contributed by atoms with E-state index in [1.165, 1.54) is 16.7 Å². The second-order valence-electron chi connectivity index (χ2n) is 6.42. The first-order valence-corrected chi connectivity index (χ1v) is 9.42. The molecule has 3 unspecified atom stereocenters. The number of hydrogen-bond donors (Lipinski definition) is 1. The topological polar surface area (TPSA) is 29.1 Å². The van der Waals surface area contributed by atoms with Crippen molar-refractivity contribution in [1.82, 2.24) is 5.32 Å². The Morgan fingerprint density at radius 1 is 1.10 bits per heavy atom. The van der Waals surface area contributed by atoms with Crippen LogP contribution in [0.2, 0.25) is 0 Å². The summed E-state index contributed by atoms with van der Waals surface area (Å²) in [6, 6.07) is 6.81. The van der Waals surface area contributed by atoms with Crippen molar-refractivity contribution in [1.29, 1.82) is 0 Å². The molecule has 2 nitrogen and oxygen atoms in total. The van der Waals surface area contributed by atoms with Crippen molar-refractivity contribution in [2.45, 2.75) is 59.3 Å². The van der Waals surface area contributed by atoms with Gasteiger partial charge < -0.3 is 5.32 Å². The van der Waals surface area contributed by atoms with E-state index in [4.69, 9.17) is 0 Å². The molecule has 0 aliphatic heterocycles. The molecule has 3 atom stereocenters. The number of nitrogens with one attached hydrogen (secondary N) is 1. The van der Waals surface area contributed by atoms with Gasteiger partial charge >= 0.3 is 0 Å². The summed E-state index contributed by atoms with van der Waals surface area (Å²) in [4.78, 5) is 0. The number of benzene rings is 1. The van der Waals surface area contributed by atoms with Gasteiger partial charge in [-0.25, -0.2) is 0 Å². The van der Waals surface area contributed by atoms with Crippen molar-refractivity contribution < 1.29 is 4.21 Å². The fourth-order valence-corrected chi connectivity index (χ4v) is 3.97. The molecule has 0 heterocycles. The fourth-order valence-electron chi connectivity index (χ4n) is 2.42. The average Bonchev–Trinajstić information content (AvgIpc) is 2.40. The van der Waals surface area contributed by atoms with E-state index in [0.29, 0.717) is 11.7 Å². The third kappa shape index (κ3) is 5.91. The molecule has 21 heavy (non-hydrogen) atoms. The smallest absolute Gasteiger partial charge is 0.0437 e. The van der Waals surface area contributed by atoms with Crippen LogP contribution in [0, 0.1) is 19.8 Å². The Morgan fingerprint density at radius 3 is 2.14 bits per heavy atom. The first-order chi connectivity index (χ1) is 9.85. The van der Waals surface area contributed by atoms with Crippen LogP contribution in [0.4, 0.5) is 0 Å². The molecule has 1 aromatic carbocycles. The normalized spacial score (nSPS) is 16.0. The van der Waals surface area contributed by atoms with E-state index >= 15 is 0 Å². The Hall–Kier alpha value is -0.670. The van der Waals surface area contributed by atoms with E-state index in [-0.39, 0.29) is 11.3 Å². The Morgan fingerprint density at radius 2 is 1.67 bits per heavy atom. The predicted molar refractivity (Wildman–Crippen MR) is 94.3 cm³/mol. The van der Waals surface area contributed by atoms with Gasteiger partial charge in [-0.1, -0.05) is 57.0 Å². The molecule has 0 fully saturated rings. The highest BCUT2D eigenvalue weighted by molar-refractivity contribution is 7.85. The molecule has 0 spiro atoms. The minimum absolute atomic E-state index is 0.186. The first kappa shape index (κ1) is 18.4. The summed E-state index contributed by atoms with van der Waals surface area (Å²) >= 11 is 0. The zero-order valence-electron chi connectivity index (χ0n) is 14.4. The molecule has 0 bridgehead atoms. The summed E-state index contributed by atoms with van der Waals surface area (Å²) in [5, 5.41) is 3.81. The molecular formula is C18H31NOS. The highest BCUT2D eigenvalue weighted by Crippen LogP contribution is 2.20. The third-order valence-electron chi connectivity index (χ3n) is 3.97. The minimum atomic E-state index is -0.805. The number of hydrogen-bond acceptors (Lipinski definition) is 2. The van der Waals surface area contributed by atoms with E-state index in [0.717, 1.165) is 13.0 Å². The van der Waals surface area contributed by atoms with Crippen molar-refractivity contribution in [2.75, 3.05) is 12.3 Å². The van der Waals surface area contributed by atoms with Crippen LogP contribution in [0.1, 0.15) is 56.8 Å². The van der Waals surface area contributed by atoms with Gasteiger partial charge in [0.25, 0.3) is 0 Å². The predicted octanol–water partition coefficient (Wildman–Crippen LogP) is 4.14. The molecule has 3 heteroatoms. The van der Waals surface area contributed by atoms with Gasteiger partial charge in [0, 0.05) is 27.8 Å². The fraction of sp³-hybridized carbons (Fsp3) is 0.667. The summed E-state index contributed by atoms with van der Waals surface area (Å²) in [6.45, 7) is 13.8. The molecule has 120 valence electrons. The highest BCUT2D eigenvalue weighted by Gasteiger charge is 2.21. The zero-order valence-corrected chi connectivity index (χ0v) is 15.2. The van der Waals surface area contributed by atoms with Gasteiger partial charge in [-0.2, -0.15) is 0 Å². The lowest BCUT2D eigenvalue weighted by Gasteiger charge is -2.23. The van der Waals surface area contributed by atoms with Crippen molar-refractivity contribution in [2.24, 2.45) is 5.92 Å². The third-order valence-corrected chi connectivity index (χ3v) is 6.01. The maximum Gasteiger partial charge on any atom is 0.0437 e. The molecule has 0 radical (unpaired) electrons. The minimum Gasteiger partial charge on any atom is -0.309 e. The quantitative estimate of drug-likeness (QED) is 0.782. The van der Waals surface area contributed by atoms with E-state index in [1.807, 2.05) is 0 Å². The molecule has 0 aromatic heterocycles. The lowest BCUT2D eigenvalue weighted by molar-refractivity contribution is 0.557. The maximum atomic E-state index is 12.6. The lowest BCUT2D eigenvalue weighted by atomic mass is 10.0. The van der Waals surface area contributed by atoms with E-state index in [2.05, 4.69) is 65.1 Å². The molecule has 0 amide bonds. The van der Waals surface area contributed by atoms with Gasteiger partial charge in [0.05, 0.1) is 0 Å². The lowest BCUT2D eigenvalue weighted by Crippen LogP contribution is -2.31. The Bertz CT molecular complexity index is 450. The average molecular weight is 310 g/mol. The van der Waals surface area contributed by atoms with Gasteiger partial charge in [-0.15, -0.1) is 0 Å². The largest absolute Gasteiger partial charge is 0.309 e. The van der Waals surface area contributed by atoms with Crippen LogP contribution < -0.4 is 5.32 Å². The van der Waals surface area contributed by atoms with Crippen LogP contribution in [-0.4, -0.2) is 21.8 Å². The van der Waals surface area contributed by atoms with Crippen LogP contribution in [0.25, 0.3) is 0 Å². The Labute approximate surface area is 133 Å². The SMILES string of the molecule is CCCNC(CS(=O)C(C)C(C)C)c1cc(C)cc(C)c1. The van der Waals surface area contributed by atoms with Crippen LogP contribution in [-0.2, 0) is 10.8 Å². The van der Waals surface area contributed by atoms with Crippen LogP contribution >= 0.6 is 0 Å². The van der Waals surface area contributed by atoms with Gasteiger partial charge in [0.2, 0.25) is 0 Å². The van der Waals surface area contributed by atoms with E-state index < -0.39 is 10.8 Å². The maximum absolute atomic E-state index is 12.6. The van der Waals surface area contributed by atoms with E-state index in [9.17, 15) is 4.21 Å². The standard InChI is InChI=1S/C18H31NOS/c1-7-8-19-18(12-21(20)16(6)13(2)3)17-10-14(4)9-15(5)11-17/h9-11,13,16,18-19H,7-8,12H2,1-6H3. The monoisotopic (exact) mass is 309 g/mol. The Kier molecular flexibility index (Phi) is 7.61.